The number of nitrogens with zero attached hydrogens (tertiary/aromatic N) is 4. The van der Waals surface area contributed by atoms with Gasteiger partial charge in [0.25, 0.3) is 0 Å². The highest BCUT2D eigenvalue weighted by molar-refractivity contribution is 5.77. The maximum absolute atomic E-state index is 14.8. The van der Waals surface area contributed by atoms with Gasteiger partial charge in [0.05, 0.1) is 23.4 Å². The van der Waals surface area contributed by atoms with Gasteiger partial charge < -0.3 is 5.32 Å². The Kier molecular flexibility index (Phi) is 4.37. The molecule has 0 atom stereocenters. The Labute approximate surface area is 156 Å². The lowest BCUT2D eigenvalue weighted by Crippen LogP contribution is -2.28. The SMILES string of the molecule is CC(C)(F)n1cnc(-c2ccc(F)cc2)c1-c1ccnc(NC2CCC2)n1. The third-order valence-corrected chi connectivity index (χ3v) is 4.79. The minimum atomic E-state index is -1.67. The maximum atomic E-state index is 14.8. The summed E-state index contributed by atoms with van der Waals surface area (Å²) in [7, 11) is 0. The molecule has 1 aliphatic rings. The van der Waals surface area contributed by atoms with Gasteiger partial charge in [0.2, 0.25) is 5.95 Å². The van der Waals surface area contributed by atoms with E-state index in [4.69, 9.17) is 0 Å². The van der Waals surface area contributed by atoms with E-state index >= 15 is 0 Å². The van der Waals surface area contributed by atoms with E-state index in [2.05, 4.69) is 20.3 Å². The fourth-order valence-corrected chi connectivity index (χ4v) is 3.11. The van der Waals surface area contributed by atoms with E-state index in [1.165, 1.54) is 43.3 Å². The summed E-state index contributed by atoms with van der Waals surface area (Å²) in [6, 6.07) is 8.11. The van der Waals surface area contributed by atoms with Crippen LogP contribution in [0.15, 0.2) is 42.9 Å². The Balaban J connectivity index is 1.81. The van der Waals surface area contributed by atoms with Gasteiger partial charge in [0.15, 0.2) is 5.79 Å². The molecular weight excluding hydrogens is 348 g/mol. The number of halogens is 2. The first-order valence-corrected chi connectivity index (χ1v) is 9.04. The molecule has 3 aromatic rings. The molecule has 5 nitrogen and oxygen atoms in total. The smallest absolute Gasteiger partial charge is 0.223 e. The summed E-state index contributed by atoms with van der Waals surface area (Å²) < 4.78 is 29.6. The minimum Gasteiger partial charge on any atom is -0.351 e. The summed E-state index contributed by atoms with van der Waals surface area (Å²) in [5, 5.41) is 3.31. The van der Waals surface area contributed by atoms with Crippen molar-refractivity contribution in [3.63, 3.8) is 0 Å². The summed E-state index contributed by atoms with van der Waals surface area (Å²) in [4.78, 5) is 13.3. The van der Waals surface area contributed by atoms with E-state index in [0.29, 0.717) is 34.6 Å². The van der Waals surface area contributed by atoms with Crippen molar-refractivity contribution in [1.82, 2.24) is 19.5 Å². The first-order chi connectivity index (χ1) is 12.9. The van der Waals surface area contributed by atoms with E-state index in [-0.39, 0.29) is 5.82 Å². The highest BCUT2D eigenvalue weighted by Gasteiger charge is 2.27. The predicted molar refractivity (Wildman–Crippen MR) is 100 cm³/mol. The van der Waals surface area contributed by atoms with Crippen molar-refractivity contribution in [2.45, 2.75) is 44.9 Å². The predicted octanol–water partition coefficient (Wildman–Crippen LogP) is 4.77. The molecule has 4 rings (SSSR count). The van der Waals surface area contributed by atoms with Gasteiger partial charge in [-0.05, 0) is 63.4 Å². The van der Waals surface area contributed by atoms with E-state index < -0.39 is 5.79 Å². The van der Waals surface area contributed by atoms with Crippen molar-refractivity contribution in [2.75, 3.05) is 5.32 Å². The lowest BCUT2D eigenvalue weighted by Gasteiger charge is -2.26. The second kappa shape index (κ2) is 6.72. The third kappa shape index (κ3) is 3.54. The largest absolute Gasteiger partial charge is 0.351 e. The Hall–Kier alpha value is -2.83. The van der Waals surface area contributed by atoms with E-state index in [9.17, 15) is 8.78 Å². The second-order valence-electron chi connectivity index (χ2n) is 7.27. The summed E-state index contributed by atoms with van der Waals surface area (Å²) in [6.45, 7) is 2.92. The number of hydrogen-bond acceptors (Lipinski definition) is 4. The van der Waals surface area contributed by atoms with Crippen LogP contribution < -0.4 is 5.32 Å². The maximum Gasteiger partial charge on any atom is 0.223 e. The first kappa shape index (κ1) is 17.6. The van der Waals surface area contributed by atoms with Crippen molar-refractivity contribution in [1.29, 1.82) is 0 Å². The Bertz CT molecular complexity index is 940. The summed E-state index contributed by atoms with van der Waals surface area (Å²) in [5.41, 5.74) is 2.35. The molecule has 0 bridgehead atoms. The Morgan fingerprint density at radius 3 is 2.48 bits per heavy atom. The van der Waals surface area contributed by atoms with Crippen molar-refractivity contribution in [2.24, 2.45) is 0 Å². The second-order valence-corrected chi connectivity index (χ2v) is 7.27. The summed E-state index contributed by atoms with van der Waals surface area (Å²) in [5.74, 6) is -1.49. The number of hydrogen-bond donors (Lipinski definition) is 1. The van der Waals surface area contributed by atoms with Gasteiger partial charge in [-0.15, -0.1) is 0 Å². The number of imidazole rings is 1. The van der Waals surface area contributed by atoms with E-state index in [1.807, 2.05) is 0 Å². The topological polar surface area (TPSA) is 55.6 Å². The molecule has 0 amide bonds. The first-order valence-electron chi connectivity index (χ1n) is 9.04. The zero-order chi connectivity index (χ0) is 19.0. The molecule has 27 heavy (non-hydrogen) atoms. The van der Waals surface area contributed by atoms with Crippen LogP contribution in [0.3, 0.4) is 0 Å². The van der Waals surface area contributed by atoms with Crippen LogP contribution in [0.5, 0.6) is 0 Å². The van der Waals surface area contributed by atoms with E-state index in [1.54, 1.807) is 24.4 Å². The van der Waals surface area contributed by atoms with Crippen molar-refractivity contribution >= 4 is 5.95 Å². The highest BCUT2D eigenvalue weighted by atomic mass is 19.1. The third-order valence-electron chi connectivity index (χ3n) is 4.79. The van der Waals surface area contributed by atoms with Gasteiger partial charge in [0, 0.05) is 17.8 Å². The molecule has 2 aromatic heterocycles. The number of anilines is 1. The van der Waals surface area contributed by atoms with Gasteiger partial charge in [-0.3, -0.25) is 4.57 Å². The molecule has 2 heterocycles. The lowest BCUT2D eigenvalue weighted by atomic mass is 9.93. The van der Waals surface area contributed by atoms with Gasteiger partial charge in [0.1, 0.15) is 5.82 Å². The van der Waals surface area contributed by atoms with Crippen LogP contribution in [0.25, 0.3) is 22.6 Å². The van der Waals surface area contributed by atoms with Gasteiger partial charge in [-0.25, -0.2) is 23.7 Å². The number of alkyl halides is 1. The average molecular weight is 369 g/mol. The molecule has 1 N–H and O–H groups in total. The standard InChI is InChI=1S/C20H21F2N5/c1-20(2,22)27-12-24-17(13-6-8-14(21)9-7-13)18(27)16-10-11-23-19(26-16)25-15-4-3-5-15/h6-12,15H,3-5H2,1-2H3,(H,23,25,26). The Morgan fingerprint density at radius 2 is 1.85 bits per heavy atom. The van der Waals surface area contributed by atoms with Crippen molar-refractivity contribution < 1.29 is 8.78 Å². The van der Waals surface area contributed by atoms with Crippen LogP contribution in [0.4, 0.5) is 14.7 Å². The average Bonchev–Trinajstić information content (AvgIpc) is 3.04. The molecule has 0 spiro atoms. The molecule has 1 aliphatic carbocycles. The summed E-state index contributed by atoms with van der Waals surface area (Å²) in [6.07, 6.45) is 6.51. The normalized spacial score (nSPS) is 14.8. The van der Waals surface area contributed by atoms with Crippen LogP contribution in [-0.4, -0.2) is 25.6 Å². The van der Waals surface area contributed by atoms with Crippen LogP contribution in [0.1, 0.15) is 33.1 Å². The molecular formula is C20H21F2N5. The highest BCUT2D eigenvalue weighted by Crippen LogP contribution is 2.35. The molecule has 0 unspecified atom stereocenters. The lowest BCUT2D eigenvalue weighted by molar-refractivity contribution is 0.122. The van der Waals surface area contributed by atoms with Crippen LogP contribution >= 0.6 is 0 Å². The molecule has 1 saturated carbocycles. The number of benzene rings is 1. The monoisotopic (exact) mass is 369 g/mol. The molecule has 1 aromatic carbocycles. The molecule has 0 saturated heterocycles. The van der Waals surface area contributed by atoms with E-state index in [0.717, 1.165) is 12.8 Å². The zero-order valence-electron chi connectivity index (χ0n) is 15.3. The molecule has 1 fully saturated rings. The van der Waals surface area contributed by atoms with Crippen LogP contribution in [0.2, 0.25) is 0 Å². The van der Waals surface area contributed by atoms with Gasteiger partial charge in [-0.2, -0.15) is 0 Å². The molecule has 140 valence electrons. The zero-order valence-corrected chi connectivity index (χ0v) is 15.3. The summed E-state index contributed by atoms with van der Waals surface area (Å²) >= 11 is 0. The fraction of sp³-hybridized carbons (Fsp3) is 0.350. The number of aromatic nitrogens is 4. The Morgan fingerprint density at radius 1 is 1.11 bits per heavy atom. The van der Waals surface area contributed by atoms with Gasteiger partial charge in [-0.1, -0.05) is 0 Å². The quantitative estimate of drug-likeness (QED) is 0.704. The van der Waals surface area contributed by atoms with Gasteiger partial charge >= 0.3 is 0 Å². The van der Waals surface area contributed by atoms with Crippen LogP contribution in [-0.2, 0) is 5.79 Å². The minimum absolute atomic E-state index is 0.334. The molecule has 0 radical (unpaired) electrons. The van der Waals surface area contributed by atoms with Crippen molar-refractivity contribution in [3.05, 3.63) is 48.7 Å². The fourth-order valence-electron chi connectivity index (χ4n) is 3.11. The molecule has 0 aliphatic heterocycles. The number of rotatable bonds is 5. The van der Waals surface area contributed by atoms with Crippen molar-refractivity contribution in [3.8, 4) is 22.6 Å². The molecule has 7 heteroatoms. The number of nitrogens with one attached hydrogen (secondary N) is 1. The van der Waals surface area contributed by atoms with Crippen LogP contribution in [0, 0.1) is 5.82 Å².